The minimum absolute atomic E-state index is 0.0855. The number of β-amino-alcohol motifs (C(OH)–C–C–N with tert-alkyl or cyclic N) is 1. The lowest BCUT2D eigenvalue weighted by Gasteiger charge is -2.42. The molecule has 0 aromatic rings. The number of hydrogen-bond acceptors (Lipinski definition) is 3. The van der Waals surface area contributed by atoms with E-state index in [1.807, 2.05) is 0 Å². The highest BCUT2D eigenvalue weighted by atomic mass is 16.3. The molecule has 1 unspecified atom stereocenters. The minimum atomic E-state index is -0.0855. The number of aliphatic hydroxyl groups excluding tert-OH is 1. The highest BCUT2D eigenvalue weighted by molar-refractivity contribution is 4.91. The zero-order valence-corrected chi connectivity index (χ0v) is 13.0. The fraction of sp³-hybridized carbons (Fsp3) is 1.00. The maximum Gasteiger partial charge on any atom is 0.0679 e. The molecule has 1 atom stereocenters. The van der Waals surface area contributed by atoms with Crippen LogP contribution in [0.25, 0.3) is 0 Å². The third-order valence-corrected chi connectivity index (χ3v) is 5.03. The van der Waals surface area contributed by atoms with Crippen molar-refractivity contribution in [1.82, 2.24) is 10.2 Å². The van der Waals surface area contributed by atoms with E-state index in [0.29, 0.717) is 11.5 Å². The Morgan fingerprint density at radius 3 is 2.47 bits per heavy atom. The van der Waals surface area contributed by atoms with Crippen LogP contribution in [-0.2, 0) is 0 Å². The fourth-order valence-electron chi connectivity index (χ4n) is 3.62. The summed E-state index contributed by atoms with van der Waals surface area (Å²) in [5.74, 6) is 0.899. The molecule has 0 amide bonds. The summed E-state index contributed by atoms with van der Waals surface area (Å²) in [6.45, 7) is 11.1. The first-order chi connectivity index (χ1) is 8.99. The quantitative estimate of drug-likeness (QED) is 0.803. The Labute approximate surface area is 118 Å². The first-order valence-electron chi connectivity index (χ1n) is 8.13. The van der Waals surface area contributed by atoms with E-state index in [2.05, 4.69) is 31.0 Å². The SMILES string of the molecule is CC1CCC(CNC(C)C)(CN2CCC(O)C2)CC1. The van der Waals surface area contributed by atoms with Crippen molar-refractivity contribution >= 4 is 0 Å². The number of hydrogen-bond donors (Lipinski definition) is 2. The summed E-state index contributed by atoms with van der Waals surface area (Å²) < 4.78 is 0. The van der Waals surface area contributed by atoms with Gasteiger partial charge in [0.15, 0.2) is 0 Å². The Morgan fingerprint density at radius 2 is 1.95 bits per heavy atom. The second-order valence-electron chi connectivity index (χ2n) is 7.40. The van der Waals surface area contributed by atoms with Crippen LogP contribution in [0.3, 0.4) is 0 Å². The van der Waals surface area contributed by atoms with Gasteiger partial charge in [0, 0.05) is 32.2 Å². The van der Waals surface area contributed by atoms with Crippen molar-refractivity contribution in [2.45, 2.75) is 65.0 Å². The summed E-state index contributed by atoms with van der Waals surface area (Å²) in [6.07, 6.45) is 6.31. The summed E-state index contributed by atoms with van der Waals surface area (Å²) in [4.78, 5) is 2.49. The largest absolute Gasteiger partial charge is 0.392 e. The van der Waals surface area contributed by atoms with E-state index in [9.17, 15) is 5.11 Å². The molecule has 0 aromatic heterocycles. The Hall–Kier alpha value is -0.120. The highest BCUT2D eigenvalue weighted by Crippen LogP contribution is 2.39. The van der Waals surface area contributed by atoms with E-state index < -0.39 is 0 Å². The van der Waals surface area contributed by atoms with Crippen molar-refractivity contribution in [3.05, 3.63) is 0 Å². The van der Waals surface area contributed by atoms with Crippen molar-refractivity contribution in [3.8, 4) is 0 Å². The van der Waals surface area contributed by atoms with Crippen LogP contribution >= 0.6 is 0 Å². The third kappa shape index (κ3) is 4.44. The summed E-state index contributed by atoms with van der Waals surface area (Å²) in [5, 5.41) is 13.4. The summed E-state index contributed by atoms with van der Waals surface area (Å²) >= 11 is 0. The van der Waals surface area contributed by atoms with E-state index in [4.69, 9.17) is 0 Å². The molecule has 0 aromatic carbocycles. The van der Waals surface area contributed by atoms with Crippen LogP contribution in [0.1, 0.15) is 52.9 Å². The van der Waals surface area contributed by atoms with Gasteiger partial charge in [0.25, 0.3) is 0 Å². The van der Waals surface area contributed by atoms with Crippen LogP contribution in [0, 0.1) is 11.3 Å². The van der Waals surface area contributed by atoms with Crippen molar-refractivity contribution in [2.24, 2.45) is 11.3 Å². The molecule has 1 aliphatic heterocycles. The lowest BCUT2D eigenvalue weighted by molar-refractivity contribution is 0.0869. The number of aliphatic hydroxyl groups is 1. The average Bonchev–Trinajstić information content (AvgIpc) is 2.76. The zero-order valence-electron chi connectivity index (χ0n) is 13.0. The van der Waals surface area contributed by atoms with E-state index in [1.54, 1.807) is 0 Å². The van der Waals surface area contributed by atoms with E-state index in [-0.39, 0.29) is 6.10 Å². The van der Waals surface area contributed by atoms with Crippen LogP contribution in [0.2, 0.25) is 0 Å². The predicted octanol–water partition coefficient (Wildman–Crippen LogP) is 2.25. The van der Waals surface area contributed by atoms with Gasteiger partial charge in [-0.1, -0.05) is 33.6 Å². The Kier molecular flexibility index (Phi) is 5.27. The first-order valence-corrected chi connectivity index (χ1v) is 8.13. The lowest BCUT2D eigenvalue weighted by Crippen LogP contribution is -2.47. The Bertz CT molecular complexity index is 272. The fourth-order valence-corrected chi connectivity index (χ4v) is 3.62. The van der Waals surface area contributed by atoms with Gasteiger partial charge in [-0.3, -0.25) is 0 Å². The predicted molar refractivity (Wildman–Crippen MR) is 80.3 cm³/mol. The molecule has 0 bridgehead atoms. The second-order valence-corrected chi connectivity index (χ2v) is 7.40. The van der Waals surface area contributed by atoms with Crippen molar-refractivity contribution < 1.29 is 5.11 Å². The molecule has 1 saturated carbocycles. The molecule has 0 spiro atoms. The molecule has 1 heterocycles. The molecule has 0 radical (unpaired) electrons. The van der Waals surface area contributed by atoms with E-state index in [0.717, 1.165) is 32.0 Å². The van der Waals surface area contributed by atoms with Crippen molar-refractivity contribution in [2.75, 3.05) is 26.2 Å². The normalized spacial score (nSPS) is 37.1. The van der Waals surface area contributed by atoms with Gasteiger partial charge in [0.1, 0.15) is 0 Å². The Morgan fingerprint density at radius 1 is 1.26 bits per heavy atom. The van der Waals surface area contributed by atoms with Gasteiger partial charge in [-0.25, -0.2) is 0 Å². The third-order valence-electron chi connectivity index (χ3n) is 5.03. The van der Waals surface area contributed by atoms with Crippen LogP contribution < -0.4 is 5.32 Å². The molecule has 2 aliphatic rings. The molecular weight excluding hydrogens is 236 g/mol. The van der Waals surface area contributed by atoms with Crippen LogP contribution in [0.4, 0.5) is 0 Å². The van der Waals surface area contributed by atoms with E-state index >= 15 is 0 Å². The van der Waals surface area contributed by atoms with Gasteiger partial charge in [-0.2, -0.15) is 0 Å². The van der Waals surface area contributed by atoms with Crippen LogP contribution in [0.15, 0.2) is 0 Å². The molecule has 19 heavy (non-hydrogen) atoms. The Balaban J connectivity index is 1.93. The molecule has 1 aliphatic carbocycles. The molecule has 2 rings (SSSR count). The van der Waals surface area contributed by atoms with Gasteiger partial charge in [0.2, 0.25) is 0 Å². The number of nitrogens with zero attached hydrogens (tertiary/aromatic N) is 1. The highest BCUT2D eigenvalue weighted by Gasteiger charge is 2.37. The number of likely N-dealkylation sites (tertiary alicyclic amines) is 1. The van der Waals surface area contributed by atoms with Gasteiger partial charge < -0.3 is 15.3 Å². The van der Waals surface area contributed by atoms with Gasteiger partial charge in [-0.05, 0) is 30.6 Å². The van der Waals surface area contributed by atoms with E-state index in [1.165, 1.54) is 32.2 Å². The van der Waals surface area contributed by atoms with Gasteiger partial charge >= 0.3 is 0 Å². The maximum absolute atomic E-state index is 9.72. The topological polar surface area (TPSA) is 35.5 Å². The minimum Gasteiger partial charge on any atom is -0.392 e. The van der Waals surface area contributed by atoms with Crippen molar-refractivity contribution in [1.29, 1.82) is 0 Å². The molecular formula is C16H32N2O. The number of nitrogens with one attached hydrogen (secondary N) is 1. The maximum atomic E-state index is 9.72. The second kappa shape index (κ2) is 6.55. The lowest BCUT2D eigenvalue weighted by atomic mass is 9.70. The van der Waals surface area contributed by atoms with Crippen LogP contribution in [-0.4, -0.2) is 48.3 Å². The summed E-state index contributed by atoms with van der Waals surface area (Å²) in [7, 11) is 0. The number of rotatable bonds is 5. The molecule has 2 fully saturated rings. The van der Waals surface area contributed by atoms with Crippen LogP contribution in [0.5, 0.6) is 0 Å². The average molecular weight is 268 g/mol. The zero-order chi connectivity index (χ0) is 13.9. The monoisotopic (exact) mass is 268 g/mol. The molecule has 3 heteroatoms. The standard InChI is InChI=1S/C16H32N2O/c1-13(2)17-11-16(7-4-14(3)5-8-16)12-18-9-6-15(19)10-18/h13-15,17,19H,4-12H2,1-3H3. The smallest absolute Gasteiger partial charge is 0.0679 e. The van der Waals surface area contributed by atoms with Crippen molar-refractivity contribution in [3.63, 3.8) is 0 Å². The molecule has 3 nitrogen and oxygen atoms in total. The van der Waals surface area contributed by atoms with Gasteiger partial charge in [0.05, 0.1) is 6.10 Å². The summed E-state index contributed by atoms with van der Waals surface area (Å²) in [5.41, 5.74) is 0.445. The van der Waals surface area contributed by atoms with Gasteiger partial charge in [-0.15, -0.1) is 0 Å². The molecule has 1 saturated heterocycles. The molecule has 2 N–H and O–H groups in total. The first kappa shape index (κ1) is 15.3. The summed E-state index contributed by atoms with van der Waals surface area (Å²) in [6, 6.07) is 0.570. The molecule has 112 valence electrons.